The molecule has 20 heavy (non-hydrogen) atoms. The third kappa shape index (κ3) is 2.72. The SMILES string of the molecule is CC(C)c1nc(-c2ccc(Br)c(Cl)c2)c(N)n1C(C)C. The van der Waals surface area contributed by atoms with Gasteiger partial charge in [0.1, 0.15) is 17.3 Å². The first kappa shape index (κ1) is 15.4. The fraction of sp³-hybridized carbons (Fsp3) is 0.400. The van der Waals surface area contributed by atoms with E-state index in [4.69, 9.17) is 22.3 Å². The number of hydrogen-bond donors (Lipinski definition) is 1. The molecule has 1 aromatic carbocycles. The van der Waals surface area contributed by atoms with E-state index in [9.17, 15) is 0 Å². The minimum Gasteiger partial charge on any atom is -0.383 e. The Morgan fingerprint density at radius 3 is 2.35 bits per heavy atom. The number of nitrogen functional groups attached to an aromatic ring is 1. The van der Waals surface area contributed by atoms with Gasteiger partial charge in [-0.05, 0) is 41.9 Å². The Morgan fingerprint density at radius 1 is 1.25 bits per heavy atom. The lowest BCUT2D eigenvalue weighted by atomic mass is 10.1. The fourth-order valence-corrected chi connectivity index (χ4v) is 2.70. The number of nitrogens with two attached hydrogens (primary N) is 1. The molecule has 5 heteroatoms. The molecule has 2 rings (SSSR count). The first-order valence-corrected chi connectivity index (χ1v) is 7.83. The maximum atomic E-state index is 6.31. The number of nitrogens with zero attached hydrogens (tertiary/aromatic N) is 2. The molecule has 0 bridgehead atoms. The Kier molecular flexibility index (Phi) is 4.45. The number of halogens is 2. The molecule has 0 atom stereocenters. The van der Waals surface area contributed by atoms with E-state index in [0.717, 1.165) is 21.6 Å². The van der Waals surface area contributed by atoms with Gasteiger partial charge < -0.3 is 10.3 Å². The van der Waals surface area contributed by atoms with Crippen molar-refractivity contribution in [3.63, 3.8) is 0 Å². The topological polar surface area (TPSA) is 43.8 Å². The lowest BCUT2D eigenvalue weighted by molar-refractivity contribution is 0.556. The minimum absolute atomic E-state index is 0.277. The molecule has 0 saturated carbocycles. The normalized spacial score (nSPS) is 11.6. The van der Waals surface area contributed by atoms with Crippen molar-refractivity contribution in [1.82, 2.24) is 9.55 Å². The first-order chi connectivity index (χ1) is 9.32. The molecule has 0 radical (unpaired) electrons. The van der Waals surface area contributed by atoms with Crippen molar-refractivity contribution in [2.45, 2.75) is 39.7 Å². The smallest absolute Gasteiger partial charge is 0.131 e. The van der Waals surface area contributed by atoms with Crippen molar-refractivity contribution in [2.75, 3.05) is 5.73 Å². The van der Waals surface area contributed by atoms with Gasteiger partial charge in [-0.15, -0.1) is 0 Å². The van der Waals surface area contributed by atoms with Gasteiger partial charge in [-0.2, -0.15) is 0 Å². The monoisotopic (exact) mass is 355 g/mol. The highest BCUT2D eigenvalue weighted by molar-refractivity contribution is 9.10. The number of aromatic nitrogens is 2. The van der Waals surface area contributed by atoms with E-state index >= 15 is 0 Å². The van der Waals surface area contributed by atoms with Crippen LogP contribution in [0.5, 0.6) is 0 Å². The number of hydrogen-bond acceptors (Lipinski definition) is 2. The Bertz CT molecular complexity index is 632. The van der Waals surface area contributed by atoms with Gasteiger partial charge >= 0.3 is 0 Å². The van der Waals surface area contributed by atoms with Crippen LogP contribution < -0.4 is 5.73 Å². The minimum atomic E-state index is 0.277. The molecule has 0 saturated heterocycles. The predicted molar refractivity (Wildman–Crippen MR) is 89.3 cm³/mol. The average Bonchev–Trinajstić information content (AvgIpc) is 2.71. The Balaban J connectivity index is 2.63. The van der Waals surface area contributed by atoms with Crippen LogP contribution in [0.3, 0.4) is 0 Å². The molecule has 0 aliphatic heterocycles. The van der Waals surface area contributed by atoms with Gasteiger partial charge in [0, 0.05) is 22.0 Å². The van der Waals surface area contributed by atoms with E-state index in [1.165, 1.54) is 0 Å². The van der Waals surface area contributed by atoms with Crippen molar-refractivity contribution < 1.29 is 0 Å². The molecule has 108 valence electrons. The van der Waals surface area contributed by atoms with Gasteiger partial charge in [-0.25, -0.2) is 4.98 Å². The van der Waals surface area contributed by atoms with Crippen molar-refractivity contribution in [3.05, 3.63) is 33.5 Å². The summed E-state index contributed by atoms with van der Waals surface area (Å²) < 4.78 is 2.96. The van der Waals surface area contributed by atoms with E-state index in [2.05, 4.69) is 48.2 Å². The maximum absolute atomic E-state index is 6.31. The van der Waals surface area contributed by atoms with Crippen LogP contribution in [-0.4, -0.2) is 9.55 Å². The first-order valence-electron chi connectivity index (χ1n) is 6.66. The van der Waals surface area contributed by atoms with Crippen LogP contribution >= 0.6 is 27.5 Å². The summed E-state index contributed by atoms with van der Waals surface area (Å²) >= 11 is 9.56. The summed E-state index contributed by atoms with van der Waals surface area (Å²) in [6.07, 6.45) is 0. The largest absolute Gasteiger partial charge is 0.383 e. The van der Waals surface area contributed by atoms with Crippen LogP contribution in [0.2, 0.25) is 5.02 Å². The highest BCUT2D eigenvalue weighted by Gasteiger charge is 2.20. The molecular weight excluding hydrogens is 338 g/mol. The summed E-state index contributed by atoms with van der Waals surface area (Å²) in [6.45, 7) is 8.47. The van der Waals surface area contributed by atoms with Gasteiger partial charge in [0.25, 0.3) is 0 Å². The number of imidazole rings is 1. The van der Waals surface area contributed by atoms with Gasteiger partial charge in [0.2, 0.25) is 0 Å². The summed E-state index contributed by atoms with van der Waals surface area (Å²) in [4.78, 5) is 4.74. The van der Waals surface area contributed by atoms with Crippen LogP contribution in [0, 0.1) is 0 Å². The summed E-state index contributed by atoms with van der Waals surface area (Å²) in [5, 5.41) is 0.659. The van der Waals surface area contributed by atoms with E-state index in [-0.39, 0.29) is 6.04 Å². The number of rotatable bonds is 3. The molecule has 1 heterocycles. The Hall–Kier alpha value is -1.00. The second-order valence-electron chi connectivity index (χ2n) is 5.45. The zero-order valence-corrected chi connectivity index (χ0v) is 14.5. The van der Waals surface area contributed by atoms with Crippen molar-refractivity contribution in [3.8, 4) is 11.3 Å². The van der Waals surface area contributed by atoms with E-state index in [1.54, 1.807) is 0 Å². The average molecular weight is 357 g/mol. The predicted octanol–water partition coefficient (Wildman–Crippen LogP) is 5.25. The summed E-state index contributed by atoms with van der Waals surface area (Å²) in [5.41, 5.74) is 8.05. The fourth-order valence-electron chi connectivity index (χ4n) is 2.27. The second-order valence-corrected chi connectivity index (χ2v) is 6.71. The molecular formula is C15H19BrClN3. The second kappa shape index (κ2) is 5.78. The Labute approximate surface area is 133 Å². The van der Waals surface area contributed by atoms with Crippen LogP contribution in [0.4, 0.5) is 5.82 Å². The number of benzene rings is 1. The van der Waals surface area contributed by atoms with Crippen LogP contribution in [-0.2, 0) is 0 Å². The Morgan fingerprint density at radius 2 is 1.90 bits per heavy atom. The van der Waals surface area contributed by atoms with Crippen LogP contribution in [0.15, 0.2) is 22.7 Å². The van der Waals surface area contributed by atoms with Gasteiger partial charge in [-0.1, -0.05) is 31.5 Å². The molecule has 0 spiro atoms. The molecule has 2 N–H and O–H groups in total. The van der Waals surface area contributed by atoms with Crippen LogP contribution in [0.1, 0.15) is 45.5 Å². The molecule has 2 aromatic rings. The van der Waals surface area contributed by atoms with Crippen molar-refractivity contribution in [1.29, 1.82) is 0 Å². The van der Waals surface area contributed by atoms with Crippen LogP contribution in [0.25, 0.3) is 11.3 Å². The number of anilines is 1. The summed E-state index contributed by atoms with van der Waals surface area (Å²) in [7, 11) is 0. The summed E-state index contributed by atoms with van der Waals surface area (Å²) in [6, 6.07) is 6.06. The maximum Gasteiger partial charge on any atom is 0.131 e. The lowest BCUT2D eigenvalue weighted by Crippen LogP contribution is -2.10. The third-order valence-electron chi connectivity index (χ3n) is 3.20. The molecule has 3 nitrogen and oxygen atoms in total. The van der Waals surface area contributed by atoms with Gasteiger partial charge in [-0.3, -0.25) is 0 Å². The standard InChI is InChI=1S/C15H19BrClN3/c1-8(2)15-19-13(14(18)20(15)9(3)4)10-5-6-11(16)12(17)7-10/h5-9H,18H2,1-4H3. The highest BCUT2D eigenvalue weighted by Crippen LogP contribution is 2.34. The van der Waals surface area contributed by atoms with Gasteiger partial charge in [0.05, 0.1) is 5.02 Å². The zero-order valence-electron chi connectivity index (χ0n) is 12.1. The lowest BCUT2D eigenvalue weighted by Gasteiger charge is -2.15. The molecule has 0 aliphatic carbocycles. The molecule has 0 amide bonds. The zero-order chi connectivity index (χ0) is 15.0. The summed E-state index contributed by atoms with van der Waals surface area (Å²) in [5.74, 6) is 2.02. The molecule has 1 aromatic heterocycles. The van der Waals surface area contributed by atoms with E-state index < -0.39 is 0 Å². The quantitative estimate of drug-likeness (QED) is 0.816. The molecule has 0 aliphatic rings. The van der Waals surface area contributed by atoms with Crippen molar-refractivity contribution in [2.24, 2.45) is 0 Å². The molecule has 0 unspecified atom stereocenters. The van der Waals surface area contributed by atoms with E-state index in [1.807, 2.05) is 18.2 Å². The third-order valence-corrected chi connectivity index (χ3v) is 4.43. The highest BCUT2D eigenvalue weighted by atomic mass is 79.9. The van der Waals surface area contributed by atoms with Gasteiger partial charge in [0.15, 0.2) is 0 Å². The van der Waals surface area contributed by atoms with E-state index in [0.29, 0.717) is 16.8 Å². The van der Waals surface area contributed by atoms with Crippen molar-refractivity contribution >= 4 is 33.3 Å². The molecule has 0 fully saturated rings.